The van der Waals surface area contributed by atoms with E-state index in [4.69, 9.17) is 4.74 Å². The van der Waals surface area contributed by atoms with Gasteiger partial charge in [-0.05, 0) is 13.3 Å². The van der Waals surface area contributed by atoms with E-state index in [1.165, 1.54) is 0 Å². The molecule has 1 aromatic rings. The molecule has 0 saturated heterocycles. The SMILES string of the molecule is CCCCCNc1nc(C(C)C)nc(OCC)c1[N+](=O)[O-]. The van der Waals surface area contributed by atoms with Crippen molar-refractivity contribution in [3.05, 3.63) is 15.9 Å². The number of nitro groups is 1. The minimum Gasteiger partial charge on any atom is -0.473 e. The molecule has 1 rings (SSSR count). The lowest BCUT2D eigenvalue weighted by atomic mass is 10.2. The van der Waals surface area contributed by atoms with E-state index in [0.717, 1.165) is 19.3 Å². The lowest BCUT2D eigenvalue weighted by Crippen LogP contribution is -2.12. The van der Waals surface area contributed by atoms with E-state index in [1.807, 2.05) is 13.8 Å². The van der Waals surface area contributed by atoms with Gasteiger partial charge < -0.3 is 10.1 Å². The molecular weight excluding hydrogens is 272 g/mol. The van der Waals surface area contributed by atoms with Gasteiger partial charge in [0, 0.05) is 12.5 Å². The highest BCUT2D eigenvalue weighted by Crippen LogP contribution is 2.33. The van der Waals surface area contributed by atoms with Crippen LogP contribution in [0.25, 0.3) is 0 Å². The van der Waals surface area contributed by atoms with Gasteiger partial charge in [-0.15, -0.1) is 0 Å². The molecular formula is C14H24N4O3. The molecule has 21 heavy (non-hydrogen) atoms. The first kappa shape index (κ1) is 17.1. The molecule has 0 atom stereocenters. The Morgan fingerprint density at radius 1 is 1.29 bits per heavy atom. The minimum atomic E-state index is -0.489. The summed E-state index contributed by atoms with van der Waals surface area (Å²) in [7, 11) is 0. The summed E-state index contributed by atoms with van der Waals surface area (Å²) in [6, 6.07) is 0. The van der Waals surface area contributed by atoms with E-state index in [2.05, 4.69) is 22.2 Å². The number of anilines is 1. The summed E-state index contributed by atoms with van der Waals surface area (Å²) in [6.45, 7) is 8.74. The van der Waals surface area contributed by atoms with Crippen molar-refractivity contribution in [2.75, 3.05) is 18.5 Å². The molecule has 0 aliphatic rings. The molecule has 0 bridgehead atoms. The van der Waals surface area contributed by atoms with E-state index < -0.39 is 4.92 Å². The number of nitrogens with zero attached hydrogens (tertiary/aromatic N) is 3. The number of hydrogen-bond donors (Lipinski definition) is 1. The average Bonchev–Trinajstić information content (AvgIpc) is 2.43. The maximum atomic E-state index is 11.3. The second kappa shape index (κ2) is 8.39. The fourth-order valence-electron chi connectivity index (χ4n) is 1.82. The van der Waals surface area contributed by atoms with Gasteiger partial charge in [0.15, 0.2) is 0 Å². The summed E-state index contributed by atoms with van der Waals surface area (Å²) in [5.41, 5.74) is -0.183. The fraction of sp³-hybridized carbons (Fsp3) is 0.714. The van der Waals surface area contributed by atoms with E-state index >= 15 is 0 Å². The molecule has 118 valence electrons. The van der Waals surface area contributed by atoms with Crippen LogP contribution >= 0.6 is 0 Å². The summed E-state index contributed by atoms with van der Waals surface area (Å²) in [6.07, 6.45) is 3.11. The van der Waals surface area contributed by atoms with Crippen molar-refractivity contribution in [3.63, 3.8) is 0 Å². The smallest absolute Gasteiger partial charge is 0.372 e. The van der Waals surface area contributed by atoms with Crippen LogP contribution in [-0.2, 0) is 0 Å². The zero-order valence-corrected chi connectivity index (χ0v) is 13.2. The molecule has 0 radical (unpaired) electrons. The quantitative estimate of drug-likeness (QED) is 0.426. The van der Waals surface area contributed by atoms with E-state index in [9.17, 15) is 10.1 Å². The highest BCUT2D eigenvalue weighted by molar-refractivity contribution is 5.61. The van der Waals surface area contributed by atoms with Crippen LogP contribution in [0.3, 0.4) is 0 Å². The molecule has 1 N–H and O–H groups in total. The lowest BCUT2D eigenvalue weighted by molar-refractivity contribution is -0.385. The average molecular weight is 296 g/mol. The van der Waals surface area contributed by atoms with Gasteiger partial charge in [-0.1, -0.05) is 33.6 Å². The van der Waals surface area contributed by atoms with Crippen LogP contribution in [0.15, 0.2) is 0 Å². The predicted molar refractivity (Wildman–Crippen MR) is 82.0 cm³/mol. The van der Waals surface area contributed by atoms with Gasteiger partial charge in [-0.25, -0.2) is 4.98 Å². The zero-order chi connectivity index (χ0) is 15.8. The van der Waals surface area contributed by atoms with Crippen LogP contribution in [0.1, 0.15) is 58.7 Å². The van der Waals surface area contributed by atoms with Crippen molar-refractivity contribution in [2.24, 2.45) is 0 Å². The topological polar surface area (TPSA) is 90.2 Å². The van der Waals surface area contributed by atoms with E-state index in [0.29, 0.717) is 19.0 Å². The Morgan fingerprint density at radius 2 is 2.00 bits per heavy atom. The molecule has 0 aliphatic carbocycles. The van der Waals surface area contributed by atoms with Crippen molar-refractivity contribution in [3.8, 4) is 5.88 Å². The normalized spacial score (nSPS) is 10.7. The second-order valence-corrected chi connectivity index (χ2v) is 5.06. The third-order valence-corrected chi connectivity index (χ3v) is 2.92. The Hall–Kier alpha value is -1.92. The monoisotopic (exact) mass is 296 g/mol. The summed E-state index contributed by atoms with van der Waals surface area (Å²) >= 11 is 0. The van der Waals surface area contributed by atoms with Crippen molar-refractivity contribution in [2.45, 2.75) is 52.9 Å². The molecule has 7 heteroatoms. The molecule has 0 aromatic carbocycles. The van der Waals surface area contributed by atoms with Crippen LogP contribution < -0.4 is 10.1 Å². The highest BCUT2D eigenvalue weighted by atomic mass is 16.6. The standard InChI is InChI=1S/C14H24N4O3/c1-5-7-8-9-15-13-11(18(19)20)14(21-6-2)17-12(16-13)10(3)4/h10H,5-9H2,1-4H3,(H,15,16,17). The van der Waals surface area contributed by atoms with Crippen molar-refractivity contribution < 1.29 is 9.66 Å². The van der Waals surface area contributed by atoms with Crippen molar-refractivity contribution in [1.29, 1.82) is 0 Å². The van der Waals surface area contributed by atoms with E-state index in [1.54, 1.807) is 6.92 Å². The Kier molecular flexibility index (Phi) is 6.84. The largest absolute Gasteiger partial charge is 0.473 e. The van der Waals surface area contributed by atoms with Gasteiger partial charge in [0.25, 0.3) is 5.88 Å². The summed E-state index contributed by atoms with van der Waals surface area (Å²) < 4.78 is 5.32. The number of aromatic nitrogens is 2. The van der Waals surface area contributed by atoms with Crippen molar-refractivity contribution in [1.82, 2.24) is 9.97 Å². The van der Waals surface area contributed by atoms with Gasteiger partial charge in [0.2, 0.25) is 5.82 Å². The molecule has 0 amide bonds. The molecule has 1 heterocycles. The molecule has 0 fully saturated rings. The Balaban J connectivity index is 3.12. The van der Waals surface area contributed by atoms with Gasteiger partial charge in [-0.3, -0.25) is 10.1 Å². The lowest BCUT2D eigenvalue weighted by Gasteiger charge is -2.12. The fourth-order valence-corrected chi connectivity index (χ4v) is 1.82. The first-order chi connectivity index (χ1) is 10.0. The van der Waals surface area contributed by atoms with Crippen molar-refractivity contribution >= 4 is 11.5 Å². The van der Waals surface area contributed by atoms with Crippen LogP contribution in [0.5, 0.6) is 5.88 Å². The van der Waals surface area contributed by atoms with Gasteiger partial charge in [0.1, 0.15) is 5.82 Å². The molecule has 7 nitrogen and oxygen atoms in total. The third kappa shape index (κ3) is 4.84. The number of hydrogen-bond acceptors (Lipinski definition) is 6. The van der Waals surface area contributed by atoms with Crippen LogP contribution in [0, 0.1) is 10.1 Å². The molecule has 0 unspecified atom stereocenters. The number of nitrogens with one attached hydrogen (secondary N) is 1. The number of rotatable bonds is 9. The first-order valence-electron chi connectivity index (χ1n) is 7.44. The molecule has 1 aromatic heterocycles. The minimum absolute atomic E-state index is 0.0409. The van der Waals surface area contributed by atoms with Gasteiger partial charge in [-0.2, -0.15) is 4.98 Å². The summed E-state index contributed by atoms with van der Waals surface area (Å²) in [5.74, 6) is 0.903. The Labute approximate surface area is 125 Å². The first-order valence-corrected chi connectivity index (χ1v) is 7.44. The van der Waals surface area contributed by atoms with Gasteiger partial charge in [0.05, 0.1) is 11.5 Å². The predicted octanol–water partition coefficient (Wildman–Crippen LogP) is 3.51. The van der Waals surface area contributed by atoms with E-state index in [-0.39, 0.29) is 23.3 Å². The Morgan fingerprint density at radius 3 is 2.52 bits per heavy atom. The number of ether oxygens (including phenoxy) is 1. The summed E-state index contributed by atoms with van der Waals surface area (Å²) in [5, 5.41) is 14.3. The zero-order valence-electron chi connectivity index (χ0n) is 13.2. The van der Waals surface area contributed by atoms with Crippen LogP contribution in [0.2, 0.25) is 0 Å². The maximum Gasteiger partial charge on any atom is 0.372 e. The highest BCUT2D eigenvalue weighted by Gasteiger charge is 2.26. The van der Waals surface area contributed by atoms with Crippen LogP contribution in [0.4, 0.5) is 11.5 Å². The second-order valence-electron chi connectivity index (χ2n) is 5.06. The third-order valence-electron chi connectivity index (χ3n) is 2.92. The van der Waals surface area contributed by atoms with Crippen LogP contribution in [-0.4, -0.2) is 28.0 Å². The Bertz CT molecular complexity index is 478. The molecule has 0 spiro atoms. The van der Waals surface area contributed by atoms with Gasteiger partial charge >= 0.3 is 5.69 Å². The number of unbranched alkanes of at least 4 members (excludes halogenated alkanes) is 2. The molecule has 0 aliphatic heterocycles. The maximum absolute atomic E-state index is 11.3. The molecule has 0 saturated carbocycles. The summed E-state index contributed by atoms with van der Waals surface area (Å²) in [4.78, 5) is 19.3.